The number of benzene rings is 3. The second kappa shape index (κ2) is 9.34. The molecule has 1 aliphatic heterocycles. The smallest absolute Gasteiger partial charge is 0.251 e. The SMILES string of the molecule is C/C(N)=C1\c2ccc(C(=O)NCc3ccccc3)cc2N(c2ccc(Cl)cc2)CCN1N. The van der Waals surface area contributed by atoms with Crippen molar-refractivity contribution in [2.24, 2.45) is 11.6 Å². The van der Waals surface area contributed by atoms with E-state index in [-0.39, 0.29) is 5.91 Å². The van der Waals surface area contributed by atoms with Crippen molar-refractivity contribution < 1.29 is 4.79 Å². The van der Waals surface area contributed by atoms with E-state index < -0.39 is 0 Å². The van der Waals surface area contributed by atoms with E-state index in [9.17, 15) is 4.79 Å². The Labute approximate surface area is 193 Å². The van der Waals surface area contributed by atoms with E-state index >= 15 is 0 Å². The minimum absolute atomic E-state index is 0.142. The number of fused-ring (bicyclic) bond motifs is 1. The number of hydrogen-bond acceptors (Lipinski definition) is 5. The van der Waals surface area contributed by atoms with E-state index in [2.05, 4.69) is 10.2 Å². The Morgan fingerprint density at radius 3 is 2.44 bits per heavy atom. The van der Waals surface area contributed by atoms with Gasteiger partial charge in [0, 0.05) is 40.6 Å². The normalized spacial score (nSPS) is 15.1. The van der Waals surface area contributed by atoms with Crippen LogP contribution >= 0.6 is 11.6 Å². The highest BCUT2D eigenvalue weighted by Gasteiger charge is 2.25. The van der Waals surface area contributed by atoms with Gasteiger partial charge in [0.1, 0.15) is 0 Å². The first-order valence-corrected chi connectivity index (χ1v) is 10.8. The summed E-state index contributed by atoms with van der Waals surface area (Å²) in [5.74, 6) is 6.20. The maximum Gasteiger partial charge on any atom is 0.251 e. The maximum absolute atomic E-state index is 12.9. The van der Waals surface area contributed by atoms with Gasteiger partial charge in [-0.25, -0.2) is 5.84 Å². The van der Waals surface area contributed by atoms with Crippen LogP contribution in [0.2, 0.25) is 5.02 Å². The summed E-state index contributed by atoms with van der Waals surface area (Å²) in [5.41, 5.74) is 11.9. The number of nitrogens with two attached hydrogens (primary N) is 2. The Morgan fingerprint density at radius 2 is 1.75 bits per heavy atom. The van der Waals surface area contributed by atoms with Crippen molar-refractivity contribution >= 4 is 34.6 Å². The van der Waals surface area contributed by atoms with Crippen LogP contribution in [0.5, 0.6) is 0 Å². The van der Waals surface area contributed by atoms with E-state index in [1.807, 2.05) is 73.7 Å². The molecular formula is C25H26ClN5O. The Balaban J connectivity index is 1.73. The summed E-state index contributed by atoms with van der Waals surface area (Å²) in [6.07, 6.45) is 0. The summed E-state index contributed by atoms with van der Waals surface area (Å²) in [6.45, 7) is 3.48. The fourth-order valence-corrected chi connectivity index (χ4v) is 4.03. The van der Waals surface area contributed by atoms with Crippen LogP contribution in [-0.2, 0) is 6.54 Å². The summed E-state index contributed by atoms with van der Waals surface area (Å²) in [6, 6.07) is 23.1. The number of hydrogen-bond donors (Lipinski definition) is 3. The Morgan fingerprint density at radius 1 is 1.03 bits per heavy atom. The second-order valence-electron chi connectivity index (χ2n) is 7.75. The fraction of sp³-hybridized carbons (Fsp3) is 0.160. The topological polar surface area (TPSA) is 87.6 Å². The van der Waals surface area contributed by atoms with Gasteiger partial charge in [0.15, 0.2) is 0 Å². The molecule has 1 heterocycles. The first-order valence-electron chi connectivity index (χ1n) is 10.4. The average molecular weight is 448 g/mol. The third-order valence-corrected chi connectivity index (χ3v) is 5.72. The van der Waals surface area contributed by atoms with Crippen LogP contribution in [-0.4, -0.2) is 24.0 Å². The number of allylic oxidation sites excluding steroid dienone is 1. The van der Waals surface area contributed by atoms with Crippen LogP contribution in [0.25, 0.3) is 5.70 Å². The highest BCUT2D eigenvalue weighted by molar-refractivity contribution is 6.30. The van der Waals surface area contributed by atoms with Crippen LogP contribution in [0, 0.1) is 0 Å². The largest absolute Gasteiger partial charge is 0.401 e. The van der Waals surface area contributed by atoms with Gasteiger partial charge >= 0.3 is 0 Å². The first kappa shape index (κ1) is 21.7. The van der Waals surface area contributed by atoms with Gasteiger partial charge < -0.3 is 21.0 Å². The summed E-state index contributed by atoms with van der Waals surface area (Å²) in [7, 11) is 0. The predicted molar refractivity (Wildman–Crippen MR) is 130 cm³/mol. The van der Waals surface area contributed by atoms with Crippen LogP contribution in [0.15, 0.2) is 78.5 Å². The Hall–Kier alpha value is -3.48. The minimum Gasteiger partial charge on any atom is -0.401 e. The van der Waals surface area contributed by atoms with E-state index in [1.165, 1.54) is 0 Å². The first-order chi connectivity index (χ1) is 15.4. The van der Waals surface area contributed by atoms with E-state index in [0.717, 1.165) is 28.2 Å². The van der Waals surface area contributed by atoms with Gasteiger partial charge in [0.2, 0.25) is 0 Å². The van der Waals surface area contributed by atoms with Crippen molar-refractivity contribution in [3.63, 3.8) is 0 Å². The van der Waals surface area contributed by atoms with E-state index in [4.69, 9.17) is 23.2 Å². The number of anilines is 2. The van der Waals surface area contributed by atoms with Crippen LogP contribution in [0.3, 0.4) is 0 Å². The third-order valence-electron chi connectivity index (χ3n) is 5.47. The molecule has 1 amide bonds. The van der Waals surface area contributed by atoms with Crippen LogP contribution in [0.1, 0.15) is 28.4 Å². The van der Waals surface area contributed by atoms with Crippen molar-refractivity contribution in [2.45, 2.75) is 13.5 Å². The molecule has 0 spiro atoms. The lowest BCUT2D eigenvalue weighted by Crippen LogP contribution is -2.34. The molecule has 7 heteroatoms. The highest BCUT2D eigenvalue weighted by Crippen LogP contribution is 2.37. The highest BCUT2D eigenvalue weighted by atomic mass is 35.5. The maximum atomic E-state index is 12.9. The number of amides is 1. The van der Waals surface area contributed by atoms with Crippen molar-refractivity contribution in [2.75, 3.05) is 18.0 Å². The van der Waals surface area contributed by atoms with E-state index in [1.54, 1.807) is 11.1 Å². The summed E-state index contributed by atoms with van der Waals surface area (Å²) >= 11 is 6.10. The number of nitrogens with zero attached hydrogens (tertiary/aromatic N) is 2. The van der Waals surface area contributed by atoms with Crippen LogP contribution in [0.4, 0.5) is 11.4 Å². The monoisotopic (exact) mass is 447 g/mol. The summed E-state index contributed by atoms with van der Waals surface area (Å²) in [5, 5.41) is 5.33. The average Bonchev–Trinajstić information content (AvgIpc) is 2.94. The lowest BCUT2D eigenvalue weighted by Gasteiger charge is -2.25. The van der Waals surface area contributed by atoms with Crippen molar-refractivity contribution in [3.8, 4) is 0 Å². The molecule has 0 saturated carbocycles. The molecule has 4 rings (SSSR count). The lowest BCUT2D eigenvalue weighted by atomic mass is 10.0. The Bertz CT molecular complexity index is 1140. The number of nitrogens with one attached hydrogen (secondary N) is 1. The molecule has 0 atom stereocenters. The molecule has 0 aliphatic carbocycles. The molecule has 3 aromatic carbocycles. The summed E-state index contributed by atoms with van der Waals surface area (Å²) < 4.78 is 0. The zero-order valence-electron chi connectivity index (χ0n) is 17.9. The number of carbonyl (C=O) groups is 1. The van der Waals surface area contributed by atoms with Crippen molar-refractivity contribution in [3.05, 3.63) is 100 Å². The standard InChI is InChI=1S/C25H26ClN5O/c1-17(27)24-22-12-7-19(25(32)29-16-18-5-3-2-4-6-18)15-23(22)30(13-14-31(24)28)21-10-8-20(26)9-11-21/h2-12,15H,13-14,16,27-28H2,1H3,(H,29,32)/b24-17-. The molecule has 5 N–H and O–H groups in total. The molecule has 6 nitrogen and oxygen atoms in total. The quantitative estimate of drug-likeness (QED) is 0.520. The van der Waals surface area contributed by atoms with Crippen LogP contribution < -0.4 is 21.8 Å². The molecule has 0 bridgehead atoms. The molecule has 0 aromatic heterocycles. The van der Waals surface area contributed by atoms with Gasteiger partial charge in [-0.2, -0.15) is 0 Å². The molecule has 0 unspecified atom stereocenters. The van der Waals surface area contributed by atoms with Crippen molar-refractivity contribution in [1.29, 1.82) is 0 Å². The van der Waals surface area contributed by atoms with Gasteiger partial charge in [0.05, 0.1) is 17.9 Å². The lowest BCUT2D eigenvalue weighted by molar-refractivity contribution is 0.0951. The predicted octanol–water partition coefficient (Wildman–Crippen LogP) is 4.24. The van der Waals surface area contributed by atoms with Gasteiger partial charge in [-0.05, 0) is 55.0 Å². The van der Waals surface area contributed by atoms with Gasteiger partial charge in [-0.1, -0.05) is 41.9 Å². The van der Waals surface area contributed by atoms with Gasteiger partial charge in [0.25, 0.3) is 5.91 Å². The van der Waals surface area contributed by atoms with E-state index in [0.29, 0.717) is 35.9 Å². The van der Waals surface area contributed by atoms with Gasteiger partial charge in [-0.3, -0.25) is 4.79 Å². The molecule has 1 aliphatic rings. The molecule has 0 radical (unpaired) electrons. The second-order valence-corrected chi connectivity index (χ2v) is 8.19. The molecule has 32 heavy (non-hydrogen) atoms. The molecular weight excluding hydrogens is 422 g/mol. The molecule has 3 aromatic rings. The third kappa shape index (κ3) is 4.56. The molecule has 0 saturated heterocycles. The fourth-order valence-electron chi connectivity index (χ4n) is 3.90. The zero-order chi connectivity index (χ0) is 22.7. The Kier molecular flexibility index (Phi) is 6.35. The number of rotatable bonds is 4. The molecule has 0 fully saturated rings. The number of carbonyl (C=O) groups excluding carboxylic acids is 1. The number of hydrazine groups is 1. The van der Waals surface area contributed by atoms with Crippen molar-refractivity contribution in [1.82, 2.24) is 10.3 Å². The zero-order valence-corrected chi connectivity index (χ0v) is 18.6. The molecule has 164 valence electrons. The minimum atomic E-state index is -0.142. The van der Waals surface area contributed by atoms with Gasteiger partial charge in [-0.15, -0.1) is 0 Å². The number of halogens is 1. The summed E-state index contributed by atoms with van der Waals surface area (Å²) in [4.78, 5) is 15.1.